The number of rotatable bonds is 7. The van der Waals surface area contributed by atoms with Gasteiger partial charge in [-0.15, -0.1) is 0 Å². The summed E-state index contributed by atoms with van der Waals surface area (Å²) in [7, 11) is 1.58. The third-order valence-corrected chi connectivity index (χ3v) is 4.45. The number of hydrogen-bond donors (Lipinski definition) is 1. The molecule has 0 aliphatic rings. The lowest BCUT2D eigenvalue weighted by Crippen LogP contribution is -2.43. The molecule has 0 spiro atoms. The number of aliphatic hydroxyl groups is 1. The van der Waals surface area contributed by atoms with Gasteiger partial charge in [0.2, 0.25) is 0 Å². The zero-order valence-corrected chi connectivity index (χ0v) is 14.8. The zero-order chi connectivity index (χ0) is 18.4. The SMILES string of the molecule is COc1ccc(C(=O)C(O)(Cc2ccccc2)Cc2ccccc2)cc1. The molecule has 3 rings (SSSR count). The first-order valence-electron chi connectivity index (χ1n) is 8.60. The molecule has 0 saturated heterocycles. The van der Waals surface area contributed by atoms with Gasteiger partial charge in [-0.05, 0) is 35.4 Å². The Morgan fingerprint density at radius 2 is 1.27 bits per heavy atom. The summed E-state index contributed by atoms with van der Waals surface area (Å²) in [6.45, 7) is 0. The molecule has 0 bridgehead atoms. The lowest BCUT2D eigenvalue weighted by Gasteiger charge is -2.27. The molecular formula is C23H22O3. The normalized spacial score (nSPS) is 11.2. The van der Waals surface area contributed by atoms with E-state index in [0.29, 0.717) is 11.3 Å². The molecule has 0 amide bonds. The van der Waals surface area contributed by atoms with Crippen molar-refractivity contribution < 1.29 is 14.6 Å². The van der Waals surface area contributed by atoms with Crippen molar-refractivity contribution in [1.82, 2.24) is 0 Å². The fourth-order valence-electron chi connectivity index (χ4n) is 3.10. The van der Waals surface area contributed by atoms with Crippen LogP contribution in [0.25, 0.3) is 0 Å². The van der Waals surface area contributed by atoms with Crippen LogP contribution in [0.2, 0.25) is 0 Å². The van der Waals surface area contributed by atoms with Crippen molar-refractivity contribution in [2.45, 2.75) is 18.4 Å². The van der Waals surface area contributed by atoms with E-state index < -0.39 is 5.60 Å². The summed E-state index contributed by atoms with van der Waals surface area (Å²) >= 11 is 0. The Kier molecular flexibility index (Phi) is 5.49. The molecule has 0 aliphatic carbocycles. The van der Waals surface area contributed by atoms with Crippen LogP contribution in [0.5, 0.6) is 5.75 Å². The average Bonchev–Trinajstić information content (AvgIpc) is 2.69. The van der Waals surface area contributed by atoms with Gasteiger partial charge >= 0.3 is 0 Å². The van der Waals surface area contributed by atoms with Crippen molar-refractivity contribution >= 4 is 5.78 Å². The second kappa shape index (κ2) is 7.98. The highest BCUT2D eigenvalue weighted by Crippen LogP contribution is 2.25. The van der Waals surface area contributed by atoms with Crippen LogP contribution in [0.4, 0.5) is 0 Å². The van der Waals surface area contributed by atoms with Gasteiger partial charge in [0.25, 0.3) is 0 Å². The van der Waals surface area contributed by atoms with Gasteiger partial charge in [-0.25, -0.2) is 0 Å². The van der Waals surface area contributed by atoms with Crippen LogP contribution in [-0.4, -0.2) is 23.6 Å². The molecule has 0 fully saturated rings. The lowest BCUT2D eigenvalue weighted by atomic mass is 9.82. The minimum atomic E-state index is -1.52. The summed E-state index contributed by atoms with van der Waals surface area (Å²) in [5.41, 5.74) is 0.804. The number of ether oxygens (including phenoxy) is 1. The van der Waals surface area contributed by atoms with Gasteiger partial charge in [-0.3, -0.25) is 4.79 Å². The van der Waals surface area contributed by atoms with Crippen molar-refractivity contribution in [1.29, 1.82) is 0 Å². The van der Waals surface area contributed by atoms with Crippen molar-refractivity contribution in [3.8, 4) is 5.75 Å². The Bertz CT molecular complexity index is 798. The average molecular weight is 346 g/mol. The maximum atomic E-state index is 13.2. The van der Waals surface area contributed by atoms with Gasteiger partial charge in [0.05, 0.1) is 7.11 Å². The maximum Gasteiger partial charge on any atom is 0.195 e. The maximum absolute atomic E-state index is 13.2. The minimum Gasteiger partial charge on any atom is -0.497 e. The van der Waals surface area contributed by atoms with E-state index in [1.807, 2.05) is 60.7 Å². The molecule has 0 heterocycles. The summed E-state index contributed by atoms with van der Waals surface area (Å²) in [6, 6.07) is 26.1. The van der Waals surface area contributed by atoms with Gasteiger partial charge < -0.3 is 9.84 Å². The summed E-state index contributed by atoms with van der Waals surface area (Å²) in [4.78, 5) is 13.2. The van der Waals surface area contributed by atoms with Crippen molar-refractivity contribution in [2.75, 3.05) is 7.11 Å². The van der Waals surface area contributed by atoms with Gasteiger partial charge in [0, 0.05) is 18.4 Å². The molecule has 3 nitrogen and oxygen atoms in total. The first-order valence-corrected chi connectivity index (χ1v) is 8.60. The largest absolute Gasteiger partial charge is 0.497 e. The van der Waals surface area contributed by atoms with Crippen molar-refractivity contribution in [3.05, 3.63) is 102 Å². The summed E-state index contributed by atoms with van der Waals surface area (Å²) < 4.78 is 5.15. The third-order valence-electron chi connectivity index (χ3n) is 4.45. The van der Waals surface area contributed by atoms with E-state index in [1.54, 1.807) is 31.4 Å². The van der Waals surface area contributed by atoms with E-state index in [-0.39, 0.29) is 18.6 Å². The first kappa shape index (κ1) is 17.9. The standard InChI is InChI=1S/C23H22O3/c1-26-21-14-12-20(13-15-21)22(24)23(25,16-18-8-4-2-5-9-18)17-19-10-6-3-7-11-19/h2-15,25H,16-17H2,1H3. The van der Waals surface area contributed by atoms with Crippen LogP contribution in [-0.2, 0) is 12.8 Å². The fourth-order valence-corrected chi connectivity index (χ4v) is 3.10. The second-order valence-corrected chi connectivity index (χ2v) is 6.41. The van der Waals surface area contributed by atoms with E-state index in [0.717, 1.165) is 11.1 Å². The van der Waals surface area contributed by atoms with Crippen LogP contribution in [0.15, 0.2) is 84.9 Å². The highest BCUT2D eigenvalue weighted by Gasteiger charge is 2.36. The third kappa shape index (κ3) is 4.19. The molecule has 0 atom stereocenters. The number of carbonyl (C=O) groups is 1. The van der Waals surface area contributed by atoms with E-state index in [2.05, 4.69) is 0 Å². The molecule has 0 saturated carbocycles. The number of benzene rings is 3. The van der Waals surface area contributed by atoms with Crippen molar-refractivity contribution in [2.24, 2.45) is 0 Å². The molecule has 3 aromatic carbocycles. The van der Waals surface area contributed by atoms with Crippen LogP contribution in [0.1, 0.15) is 21.5 Å². The number of ketones is 1. The van der Waals surface area contributed by atoms with Gasteiger partial charge in [0.15, 0.2) is 5.78 Å². The van der Waals surface area contributed by atoms with E-state index >= 15 is 0 Å². The number of carbonyl (C=O) groups excluding carboxylic acids is 1. The number of hydrogen-bond acceptors (Lipinski definition) is 3. The van der Waals surface area contributed by atoms with Crippen LogP contribution in [0, 0.1) is 0 Å². The molecule has 3 aromatic rings. The van der Waals surface area contributed by atoms with Gasteiger partial charge in [-0.2, -0.15) is 0 Å². The zero-order valence-electron chi connectivity index (χ0n) is 14.8. The highest BCUT2D eigenvalue weighted by molar-refractivity contribution is 6.02. The monoisotopic (exact) mass is 346 g/mol. The molecule has 0 aliphatic heterocycles. The molecule has 132 valence electrons. The van der Waals surface area contributed by atoms with Crippen LogP contribution in [0.3, 0.4) is 0 Å². The topological polar surface area (TPSA) is 46.5 Å². The van der Waals surface area contributed by atoms with Gasteiger partial charge in [-0.1, -0.05) is 60.7 Å². The Morgan fingerprint density at radius 1 is 0.808 bits per heavy atom. The Balaban J connectivity index is 1.93. The quantitative estimate of drug-likeness (QED) is 0.655. The molecule has 26 heavy (non-hydrogen) atoms. The fraction of sp³-hybridized carbons (Fsp3) is 0.174. The summed E-state index contributed by atoms with van der Waals surface area (Å²) in [5, 5.41) is 11.4. The molecule has 0 aromatic heterocycles. The number of Topliss-reactive ketones (excluding diaryl/α,β-unsaturated/α-hetero) is 1. The summed E-state index contributed by atoms with van der Waals surface area (Å²) in [5.74, 6) is 0.393. The highest BCUT2D eigenvalue weighted by atomic mass is 16.5. The Hall–Kier alpha value is -2.91. The van der Waals surface area contributed by atoms with Crippen molar-refractivity contribution in [3.63, 3.8) is 0 Å². The van der Waals surface area contributed by atoms with E-state index in [1.165, 1.54) is 0 Å². The number of methoxy groups -OCH3 is 1. The Morgan fingerprint density at radius 3 is 1.69 bits per heavy atom. The molecule has 0 unspecified atom stereocenters. The lowest BCUT2D eigenvalue weighted by molar-refractivity contribution is 0.0319. The van der Waals surface area contributed by atoms with Gasteiger partial charge in [0.1, 0.15) is 11.4 Å². The molecular weight excluding hydrogens is 324 g/mol. The summed E-state index contributed by atoms with van der Waals surface area (Å²) in [6.07, 6.45) is 0.515. The Labute approximate surface area is 153 Å². The minimum absolute atomic E-state index is 0.258. The molecule has 0 radical (unpaired) electrons. The van der Waals surface area contributed by atoms with Crippen LogP contribution < -0.4 is 4.74 Å². The van der Waals surface area contributed by atoms with E-state index in [4.69, 9.17) is 4.74 Å². The van der Waals surface area contributed by atoms with E-state index in [9.17, 15) is 9.90 Å². The molecule has 1 N–H and O–H groups in total. The smallest absolute Gasteiger partial charge is 0.195 e. The van der Waals surface area contributed by atoms with Crippen LogP contribution >= 0.6 is 0 Å². The molecule has 3 heteroatoms. The second-order valence-electron chi connectivity index (χ2n) is 6.41. The predicted molar refractivity (Wildman–Crippen MR) is 103 cm³/mol. The first-order chi connectivity index (χ1) is 12.6. The predicted octanol–water partition coefficient (Wildman–Crippen LogP) is 4.09.